The Labute approximate surface area is 172 Å². The summed E-state index contributed by atoms with van der Waals surface area (Å²) in [5, 5.41) is 6.14. The molecule has 7 nitrogen and oxygen atoms in total. The van der Waals surface area contributed by atoms with Crippen LogP contribution in [0.2, 0.25) is 0 Å². The zero-order chi connectivity index (χ0) is 21.4. The molecule has 1 fully saturated rings. The first-order valence-electron chi connectivity index (χ1n) is 9.88. The van der Waals surface area contributed by atoms with Crippen molar-refractivity contribution in [2.24, 2.45) is 4.99 Å². The fourth-order valence-electron chi connectivity index (χ4n) is 3.48. The van der Waals surface area contributed by atoms with Gasteiger partial charge >= 0.3 is 0 Å². The van der Waals surface area contributed by atoms with Crippen LogP contribution in [0.5, 0.6) is 0 Å². The smallest absolute Gasteiger partial charge is 0.224 e. The van der Waals surface area contributed by atoms with Gasteiger partial charge in [0, 0.05) is 45.4 Å². The van der Waals surface area contributed by atoms with E-state index in [9.17, 15) is 17.6 Å². The maximum atomic E-state index is 13.6. The second kappa shape index (κ2) is 10.6. The van der Waals surface area contributed by atoms with E-state index < -0.39 is 15.7 Å². The molecular formula is C20H31FN4O3S. The number of likely N-dealkylation sites (tertiary alicyclic amines) is 1. The number of hydrogen-bond donors (Lipinski definition) is 2. The van der Waals surface area contributed by atoms with E-state index in [2.05, 4.69) is 22.5 Å². The Bertz CT molecular complexity index is 842. The van der Waals surface area contributed by atoms with Gasteiger partial charge in [0.25, 0.3) is 0 Å². The molecule has 1 aromatic carbocycles. The van der Waals surface area contributed by atoms with Crippen molar-refractivity contribution in [1.82, 2.24) is 15.5 Å². The van der Waals surface area contributed by atoms with Crippen LogP contribution in [0, 0.1) is 5.82 Å². The van der Waals surface area contributed by atoms with Crippen LogP contribution >= 0.6 is 0 Å². The van der Waals surface area contributed by atoms with Crippen LogP contribution < -0.4 is 10.6 Å². The number of carbonyl (C=O) groups excluding carboxylic acids is 1. The number of nitrogens with zero attached hydrogens (tertiary/aromatic N) is 2. The van der Waals surface area contributed by atoms with Crippen LogP contribution in [-0.2, 0) is 26.9 Å². The highest BCUT2D eigenvalue weighted by Gasteiger charge is 2.22. The van der Waals surface area contributed by atoms with Gasteiger partial charge in [0.15, 0.2) is 15.8 Å². The molecule has 1 aromatic rings. The van der Waals surface area contributed by atoms with E-state index in [1.807, 2.05) is 4.90 Å². The maximum Gasteiger partial charge on any atom is 0.224 e. The fraction of sp³-hybridized carbons (Fsp3) is 0.600. The normalized spacial score (nSPS) is 17.9. The van der Waals surface area contributed by atoms with Crippen LogP contribution in [0.4, 0.5) is 4.39 Å². The van der Waals surface area contributed by atoms with Gasteiger partial charge in [-0.15, -0.1) is 0 Å². The quantitative estimate of drug-likeness (QED) is 0.513. The monoisotopic (exact) mass is 426 g/mol. The van der Waals surface area contributed by atoms with Gasteiger partial charge in [-0.25, -0.2) is 12.8 Å². The van der Waals surface area contributed by atoms with Crippen molar-refractivity contribution < 1.29 is 17.6 Å². The van der Waals surface area contributed by atoms with Crippen molar-refractivity contribution >= 4 is 21.7 Å². The summed E-state index contributed by atoms with van der Waals surface area (Å²) in [6, 6.07) is 4.35. The molecule has 1 atom stereocenters. The van der Waals surface area contributed by atoms with E-state index in [0.717, 1.165) is 25.6 Å². The molecule has 1 saturated heterocycles. The summed E-state index contributed by atoms with van der Waals surface area (Å²) in [6.07, 6.45) is 4.78. The number of guanidine groups is 1. The molecule has 1 amide bonds. The number of nitrogens with one attached hydrogen (secondary N) is 2. The van der Waals surface area contributed by atoms with Gasteiger partial charge in [0.1, 0.15) is 5.82 Å². The Balaban J connectivity index is 1.88. The molecule has 9 heteroatoms. The Morgan fingerprint density at radius 1 is 1.28 bits per heavy atom. The highest BCUT2D eigenvalue weighted by molar-refractivity contribution is 7.89. The molecule has 0 spiro atoms. The van der Waals surface area contributed by atoms with Gasteiger partial charge in [-0.05, 0) is 49.4 Å². The number of benzene rings is 1. The van der Waals surface area contributed by atoms with Crippen molar-refractivity contribution in [3.05, 3.63) is 35.1 Å². The van der Waals surface area contributed by atoms with Crippen molar-refractivity contribution in [2.45, 2.75) is 50.9 Å². The van der Waals surface area contributed by atoms with E-state index in [1.165, 1.54) is 24.6 Å². The Kier molecular flexibility index (Phi) is 8.43. The molecule has 1 unspecified atom stereocenters. The molecule has 1 aliphatic heterocycles. The molecule has 162 valence electrons. The van der Waals surface area contributed by atoms with E-state index >= 15 is 0 Å². The van der Waals surface area contributed by atoms with Crippen LogP contribution in [0.25, 0.3) is 0 Å². The molecular weight excluding hydrogens is 395 g/mol. The summed E-state index contributed by atoms with van der Waals surface area (Å²) < 4.78 is 36.8. The number of aliphatic imine (C=N–C) groups is 1. The van der Waals surface area contributed by atoms with E-state index in [4.69, 9.17) is 0 Å². The molecule has 1 aliphatic rings. The lowest BCUT2D eigenvalue weighted by atomic mass is 10.0. The molecule has 0 bridgehead atoms. The number of piperidine rings is 1. The van der Waals surface area contributed by atoms with Crippen LogP contribution in [0.15, 0.2) is 23.2 Å². The highest BCUT2D eigenvalue weighted by atomic mass is 32.2. The van der Waals surface area contributed by atoms with Crippen molar-refractivity contribution in [3.63, 3.8) is 0 Å². The Hall–Kier alpha value is -2.16. The summed E-state index contributed by atoms with van der Waals surface area (Å²) in [6.45, 7) is 3.55. The first-order valence-corrected chi connectivity index (χ1v) is 11.9. The Morgan fingerprint density at radius 3 is 2.69 bits per heavy atom. The first kappa shape index (κ1) is 23.1. The van der Waals surface area contributed by atoms with Gasteiger partial charge < -0.3 is 15.5 Å². The fourth-order valence-corrected chi connectivity index (χ4v) is 4.33. The zero-order valence-electron chi connectivity index (χ0n) is 17.4. The second-order valence-electron chi connectivity index (χ2n) is 7.52. The number of halogens is 1. The molecule has 0 radical (unpaired) electrons. The van der Waals surface area contributed by atoms with Gasteiger partial charge in [-0.1, -0.05) is 6.07 Å². The summed E-state index contributed by atoms with van der Waals surface area (Å²) in [5.41, 5.74) is 1.10. The number of amides is 1. The van der Waals surface area contributed by atoms with Gasteiger partial charge in [0.2, 0.25) is 5.91 Å². The molecule has 0 aromatic heterocycles. The van der Waals surface area contributed by atoms with Crippen LogP contribution in [0.3, 0.4) is 0 Å². The topological polar surface area (TPSA) is 90.9 Å². The predicted molar refractivity (Wildman–Crippen MR) is 113 cm³/mol. The van der Waals surface area contributed by atoms with Gasteiger partial charge in [-0.3, -0.25) is 9.79 Å². The van der Waals surface area contributed by atoms with E-state index in [1.54, 1.807) is 7.05 Å². The van der Waals surface area contributed by atoms with Crippen molar-refractivity contribution in [3.8, 4) is 0 Å². The lowest BCUT2D eigenvalue weighted by molar-refractivity contribution is -0.134. The first-order chi connectivity index (χ1) is 13.7. The van der Waals surface area contributed by atoms with E-state index in [-0.39, 0.29) is 24.2 Å². The highest BCUT2D eigenvalue weighted by Crippen LogP contribution is 2.17. The zero-order valence-corrected chi connectivity index (χ0v) is 18.2. The lowest BCUT2D eigenvalue weighted by Crippen LogP contribution is -2.44. The minimum atomic E-state index is -3.23. The molecule has 2 N–H and O–H groups in total. The number of carbonyl (C=O) groups is 1. The molecule has 1 heterocycles. The van der Waals surface area contributed by atoms with Crippen molar-refractivity contribution in [1.29, 1.82) is 0 Å². The lowest BCUT2D eigenvalue weighted by Gasteiger charge is -2.33. The summed E-state index contributed by atoms with van der Waals surface area (Å²) in [4.78, 5) is 18.4. The second-order valence-corrected chi connectivity index (χ2v) is 9.66. The number of rotatable bonds is 7. The molecule has 29 heavy (non-hydrogen) atoms. The molecule has 0 saturated carbocycles. The SMILES string of the molecule is CN=C(NCCC(=O)N1CCCCC1C)NCc1cc(F)ccc1CS(C)(=O)=O. The standard InChI is InChI=1S/C20H31FN4O3S/c1-15-6-4-5-11-25(15)19(26)9-10-23-20(22-2)24-13-17-12-18(21)8-7-16(17)14-29(3,27)28/h7-8,12,15H,4-6,9-11,13-14H2,1-3H3,(H2,22,23,24). The average molecular weight is 427 g/mol. The van der Waals surface area contributed by atoms with Gasteiger partial charge in [0.05, 0.1) is 5.75 Å². The van der Waals surface area contributed by atoms with Gasteiger partial charge in [-0.2, -0.15) is 0 Å². The average Bonchev–Trinajstić information content (AvgIpc) is 2.65. The van der Waals surface area contributed by atoms with Crippen LogP contribution in [-0.4, -0.2) is 57.6 Å². The summed E-state index contributed by atoms with van der Waals surface area (Å²) in [5.74, 6) is 0.0155. The largest absolute Gasteiger partial charge is 0.356 e. The third-order valence-electron chi connectivity index (χ3n) is 5.01. The van der Waals surface area contributed by atoms with E-state index in [0.29, 0.717) is 30.1 Å². The number of hydrogen-bond acceptors (Lipinski definition) is 4. The maximum absolute atomic E-state index is 13.6. The predicted octanol–water partition coefficient (Wildman–Crippen LogP) is 1.83. The number of sulfone groups is 1. The third kappa shape index (κ3) is 7.64. The third-order valence-corrected chi connectivity index (χ3v) is 5.85. The Morgan fingerprint density at radius 2 is 2.03 bits per heavy atom. The summed E-state index contributed by atoms with van der Waals surface area (Å²) in [7, 11) is -1.63. The minimum Gasteiger partial charge on any atom is -0.356 e. The summed E-state index contributed by atoms with van der Waals surface area (Å²) >= 11 is 0. The van der Waals surface area contributed by atoms with Crippen LogP contribution in [0.1, 0.15) is 43.7 Å². The molecule has 0 aliphatic carbocycles. The molecule has 2 rings (SSSR count). The van der Waals surface area contributed by atoms with Crippen molar-refractivity contribution in [2.75, 3.05) is 26.4 Å². The minimum absolute atomic E-state index is 0.126.